The van der Waals surface area contributed by atoms with E-state index in [1.54, 1.807) is 42.7 Å². The molecule has 0 bridgehead atoms. The second kappa shape index (κ2) is 7.38. The molecule has 28 heavy (non-hydrogen) atoms. The Morgan fingerprint density at radius 2 is 1.71 bits per heavy atom. The molecule has 0 aliphatic heterocycles. The van der Waals surface area contributed by atoms with Crippen molar-refractivity contribution in [3.8, 4) is 17.1 Å². The van der Waals surface area contributed by atoms with E-state index in [4.69, 9.17) is 10.5 Å². The Morgan fingerprint density at radius 3 is 2.25 bits per heavy atom. The number of benzene rings is 2. The van der Waals surface area contributed by atoms with Gasteiger partial charge >= 0.3 is 0 Å². The molecule has 2 aromatic carbocycles. The van der Waals surface area contributed by atoms with Crippen molar-refractivity contribution in [2.45, 2.75) is 32.9 Å². The average molecular weight is 386 g/mol. The van der Waals surface area contributed by atoms with Gasteiger partial charge in [0, 0.05) is 17.7 Å². The standard InChI is InChI=1S/C20H20F2N4O2/c1-4-26-18(13-10-8-12(9-11-13)17(23)27)24-25-19(26)20(2,3)28-16-14(21)6-5-7-15(16)22/h5-11H,4H2,1-3H3,(H2,23,27). The molecule has 0 fully saturated rings. The van der Waals surface area contributed by atoms with Crippen molar-refractivity contribution in [3.05, 3.63) is 65.5 Å². The highest BCUT2D eigenvalue weighted by atomic mass is 19.1. The molecular formula is C20H20F2N4O2. The van der Waals surface area contributed by atoms with Gasteiger partial charge in [-0.1, -0.05) is 18.2 Å². The van der Waals surface area contributed by atoms with E-state index >= 15 is 0 Å². The number of halogens is 2. The van der Waals surface area contributed by atoms with E-state index in [1.807, 2.05) is 6.92 Å². The van der Waals surface area contributed by atoms with Crippen LogP contribution in [0.15, 0.2) is 42.5 Å². The molecule has 0 unspecified atom stereocenters. The van der Waals surface area contributed by atoms with Gasteiger partial charge in [0.15, 0.2) is 34.6 Å². The molecule has 0 saturated heterocycles. The summed E-state index contributed by atoms with van der Waals surface area (Å²) < 4.78 is 35.5. The van der Waals surface area contributed by atoms with Crippen molar-refractivity contribution in [1.29, 1.82) is 0 Å². The first-order valence-corrected chi connectivity index (χ1v) is 8.71. The number of carbonyl (C=O) groups excluding carboxylic acids is 1. The summed E-state index contributed by atoms with van der Waals surface area (Å²) >= 11 is 0. The van der Waals surface area contributed by atoms with Crippen LogP contribution in [0.2, 0.25) is 0 Å². The van der Waals surface area contributed by atoms with Gasteiger partial charge in [-0.15, -0.1) is 10.2 Å². The number of carbonyl (C=O) groups is 1. The largest absolute Gasteiger partial charge is 0.474 e. The van der Waals surface area contributed by atoms with E-state index in [9.17, 15) is 13.6 Å². The van der Waals surface area contributed by atoms with Gasteiger partial charge < -0.3 is 15.0 Å². The van der Waals surface area contributed by atoms with Crippen molar-refractivity contribution < 1.29 is 18.3 Å². The number of nitrogens with two attached hydrogens (primary N) is 1. The van der Waals surface area contributed by atoms with Crippen LogP contribution in [0.3, 0.4) is 0 Å². The van der Waals surface area contributed by atoms with Crippen molar-refractivity contribution >= 4 is 5.91 Å². The SMILES string of the molecule is CCn1c(-c2ccc(C(N)=O)cc2)nnc1C(C)(C)Oc1c(F)cccc1F. The fourth-order valence-electron chi connectivity index (χ4n) is 2.93. The summed E-state index contributed by atoms with van der Waals surface area (Å²) in [4.78, 5) is 11.2. The minimum absolute atomic E-state index is 0.380. The first-order valence-electron chi connectivity index (χ1n) is 8.71. The Balaban J connectivity index is 1.99. The Hall–Kier alpha value is -3.29. The topological polar surface area (TPSA) is 83.0 Å². The second-order valence-electron chi connectivity index (χ2n) is 6.70. The maximum Gasteiger partial charge on any atom is 0.248 e. The van der Waals surface area contributed by atoms with Crippen LogP contribution in [0, 0.1) is 11.6 Å². The summed E-state index contributed by atoms with van der Waals surface area (Å²) in [7, 11) is 0. The van der Waals surface area contributed by atoms with Gasteiger partial charge in [0.1, 0.15) is 0 Å². The number of primary amides is 1. The third-order valence-electron chi connectivity index (χ3n) is 4.31. The molecule has 0 aliphatic carbocycles. The number of aromatic nitrogens is 3. The molecule has 8 heteroatoms. The number of nitrogens with zero attached hydrogens (tertiary/aromatic N) is 3. The first kappa shape index (κ1) is 19.5. The van der Waals surface area contributed by atoms with Crippen molar-refractivity contribution in [1.82, 2.24) is 14.8 Å². The summed E-state index contributed by atoms with van der Waals surface area (Å²) in [6, 6.07) is 10.2. The van der Waals surface area contributed by atoms with Gasteiger partial charge in [-0.05, 0) is 45.0 Å². The summed E-state index contributed by atoms with van der Waals surface area (Å²) in [5.41, 5.74) is 5.21. The number of ether oxygens (including phenoxy) is 1. The van der Waals surface area contributed by atoms with Crippen molar-refractivity contribution in [2.75, 3.05) is 0 Å². The Kier molecular flexibility index (Phi) is 5.13. The molecule has 0 spiro atoms. The third-order valence-corrected chi connectivity index (χ3v) is 4.31. The highest BCUT2D eigenvalue weighted by Crippen LogP contribution is 2.32. The zero-order chi connectivity index (χ0) is 20.5. The minimum atomic E-state index is -1.16. The van der Waals surface area contributed by atoms with Crippen molar-refractivity contribution in [3.63, 3.8) is 0 Å². The Morgan fingerprint density at radius 1 is 1.11 bits per heavy atom. The molecule has 3 aromatic rings. The Labute approximate surface area is 161 Å². The predicted molar refractivity (Wildman–Crippen MR) is 99.7 cm³/mol. The van der Waals surface area contributed by atoms with Gasteiger partial charge in [-0.2, -0.15) is 0 Å². The molecule has 0 radical (unpaired) electrons. The summed E-state index contributed by atoms with van der Waals surface area (Å²) in [6.07, 6.45) is 0. The highest BCUT2D eigenvalue weighted by Gasteiger charge is 2.32. The van der Waals surface area contributed by atoms with E-state index in [1.165, 1.54) is 6.07 Å². The van der Waals surface area contributed by atoms with Crippen LogP contribution in [0.5, 0.6) is 5.75 Å². The monoisotopic (exact) mass is 386 g/mol. The lowest BCUT2D eigenvalue weighted by molar-refractivity contribution is 0.0827. The minimum Gasteiger partial charge on any atom is -0.474 e. The molecule has 3 rings (SSSR count). The van der Waals surface area contributed by atoms with E-state index < -0.39 is 28.9 Å². The zero-order valence-electron chi connectivity index (χ0n) is 15.7. The second-order valence-corrected chi connectivity index (χ2v) is 6.70. The lowest BCUT2D eigenvalue weighted by Crippen LogP contribution is -2.30. The van der Waals surface area contributed by atoms with E-state index in [2.05, 4.69) is 10.2 Å². The molecular weight excluding hydrogens is 366 g/mol. The number of para-hydroxylation sites is 1. The third kappa shape index (κ3) is 3.58. The maximum absolute atomic E-state index is 14.0. The maximum atomic E-state index is 14.0. The van der Waals surface area contributed by atoms with Gasteiger partial charge in [0.2, 0.25) is 5.91 Å². The summed E-state index contributed by atoms with van der Waals surface area (Å²) in [6.45, 7) is 5.72. The molecule has 146 valence electrons. The van der Waals surface area contributed by atoms with E-state index in [-0.39, 0.29) is 0 Å². The van der Waals surface area contributed by atoms with E-state index in [0.29, 0.717) is 23.8 Å². The fraction of sp³-hybridized carbons (Fsp3) is 0.250. The molecule has 0 aliphatic rings. The van der Waals surface area contributed by atoms with Crippen LogP contribution in [0.4, 0.5) is 8.78 Å². The normalized spacial score (nSPS) is 11.5. The van der Waals surface area contributed by atoms with Gasteiger partial charge in [0.05, 0.1) is 0 Å². The van der Waals surface area contributed by atoms with Crippen LogP contribution in [-0.2, 0) is 12.1 Å². The Bertz CT molecular complexity index is 993. The van der Waals surface area contributed by atoms with Gasteiger partial charge in [-0.25, -0.2) is 8.78 Å². The quantitative estimate of drug-likeness (QED) is 0.701. The number of amides is 1. The first-order chi connectivity index (χ1) is 13.2. The molecule has 2 N–H and O–H groups in total. The van der Waals surface area contributed by atoms with E-state index in [0.717, 1.165) is 17.7 Å². The van der Waals surface area contributed by atoms with Crippen LogP contribution in [0.1, 0.15) is 37.0 Å². The highest BCUT2D eigenvalue weighted by molar-refractivity contribution is 5.93. The van der Waals surface area contributed by atoms with Crippen molar-refractivity contribution in [2.24, 2.45) is 5.73 Å². The van der Waals surface area contributed by atoms with Crippen LogP contribution in [0.25, 0.3) is 11.4 Å². The van der Waals surface area contributed by atoms with Crippen LogP contribution < -0.4 is 10.5 Å². The van der Waals surface area contributed by atoms with Crippen LogP contribution in [-0.4, -0.2) is 20.7 Å². The molecule has 0 saturated carbocycles. The van der Waals surface area contributed by atoms with Gasteiger partial charge in [0.25, 0.3) is 0 Å². The average Bonchev–Trinajstić information content (AvgIpc) is 3.10. The zero-order valence-corrected chi connectivity index (χ0v) is 15.7. The lowest BCUT2D eigenvalue weighted by Gasteiger charge is -2.26. The number of hydrogen-bond donors (Lipinski definition) is 1. The smallest absolute Gasteiger partial charge is 0.248 e. The number of hydrogen-bond acceptors (Lipinski definition) is 4. The number of rotatable bonds is 6. The molecule has 0 atom stereocenters. The molecule has 1 aromatic heterocycles. The van der Waals surface area contributed by atoms with Gasteiger partial charge in [-0.3, -0.25) is 4.79 Å². The molecule has 1 amide bonds. The molecule has 6 nitrogen and oxygen atoms in total. The lowest BCUT2D eigenvalue weighted by atomic mass is 10.1. The summed E-state index contributed by atoms with van der Waals surface area (Å²) in [5, 5.41) is 8.41. The molecule has 1 heterocycles. The fourth-order valence-corrected chi connectivity index (χ4v) is 2.93. The predicted octanol–water partition coefficient (Wildman–Crippen LogP) is 3.66. The summed E-state index contributed by atoms with van der Waals surface area (Å²) in [5.74, 6) is -1.63. The van der Waals surface area contributed by atoms with Crippen LogP contribution >= 0.6 is 0 Å².